The molecule has 1 aromatic rings. The second-order valence-electron chi connectivity index (χ2n) is 5.07. The van der Waals surface area contributed by atoms with Crippen LogP contribution in [0.15, 0.2) is 29.2 Å². The second-order valence-corrected chi connectivity index (χ2v) is 6.85. The third-order valence-electron chi connectivity index (χ3n) is 2.17. The SMILES string of the molecule is CC(C)Oc1ccc(SC(C)(C)CC(=O)O)cc1. The van der Waals surface area contributed by atoms with Gasteiger partial charge in [-0.3, -0.25) is 4.79 Å². The van der Waals surface area contributed by atoms with Crippen molar-refractivity contribution >= 4 is 17.7 Å². The van der Waals surface area contributed by atoms with Crippen molar-refractivity contribution < 1.29 is 14.6 Å². The first-order chi connectivity index (χ1) is 8.28. The van der Waals surface area contributed by atoms with Gasteiger partial charge in [0.1, 0.15) is 5.75 Å². The highest BCUT2D eigenvalue weighted by Crippen LogP contribution is 2.35. The number of ether oxygens (including phenoxy) is 1. The monoisotopic (exact) mass is 268 g/mol. The maximum atomic E-state index is 10.7. The fourth-order valence-electron chi connectivity index (χ4n) is 1.58. The minimum Gasteiger partial charge on any atom is -0.491 e. The molecular formula is C14H20O3S. The Morgan fingerprint density at radius 3 is 2.33 bits per heavy atom. The zero-order chi connectivity index (χ0) is 13.8. The number of aliphatic carboxylic acids is 1. The van der Waals surface area contributed by atoms with E-state index < -0.39 is 5.97 Å². The highest BCUT2D eigenvalue weighted by molar-refractivity contribution is 8.00. The minimum absolute atomic E-state index is 0.141. The number of rotatable bonds is 6. The molecule has 0 saturated carbocycles. The molecule has 0 heterocycles. The lowest BCUT2D eigenvalue weighted by Crippen LogP contribution is -2.19. The van der Waals surface area contributed by atoms with E-state index in [2.05, 4.69) is 0 Å². The first kappa shape index (κ1) is 14.9. The van der Waals surface area contributed by atoms with Crippen LogP contribution >= 0.6 is 11.8 Å². The molecule has 1 rings (SSSR count). The van der Waals surface area contributed by atoms with Gasteiger partial charge in [0, 0.05) is 9.64 Å². The van der Waals surface area contributed by atoms with Gasteiger partial charge < -0.3 is 9.84 Å². The smallest absolute Gasteiger partial charge is 0.304 e. The fourth-order valence-corrected chi connectivity index (χ4v) is 2.68. The predicted octanol–water partition coefficient (Wildman–Crippen LogP) is 3.82. The van der Waals surface area contributed by atoms with Crippen LogP contribution in [-0.4, -0.2) is 21.9 Å². The van der Waals surface area contributed by atoms with E-state index in [1.807, 2.05) is 52.0 Å². The molecule has 0 spiro atoms. The molecule has 0 radical (unpaired) electrons. The van der Waals surface area contributed by atoms with Gasteiger partial charge >= 0.3 is 5.97 Å². The molecule has 0 aliphatic heterocycles. The molecule has 0 fully saturated rings. The standard InChI is InChI=1S/C14H20O3S/c1-10(2)17-11-5-7-12(8-6-11)18-14(3,4)9-13(15)16/h5-8,10H,9H2,1-4H3,(H,15,16). The molecule has 100 valence electrons. The van der Waals surface area contributed by atoms with Crippen LogP contribution in [0.5, 0.6) is 5.75 Å². The molecule has 0 aliphatic carbocycles. The van der Waals surface area contributed by atoms with Crippen LogP contribution in [0.2, 0.25) is 0 Å². The van der Waals surface area contributed by atoms with Crippen LogP contribution < -0.4 is 4.74 Å². The Morgan fingerprint density at radius 2 is 1.89 bits per heavy atom. The number of hydrogen-bond acceptors (Lipinski definition) is 3. The molecule has 18 heavy (non-hydrogen) atoms. The molecule has 0 unspecified atom stereocenters. The average Bonchev–Trinajstić information content (AvgIpc) is 2.17. The van der Waals surface area contributed by atoms with Gasteiger partial charge in [0.05, 0.1) is 12.5 Å². The van der Waals surface area contributed by atoms with Gasteiger partial charge in [0.15, 0.2) is 0 Å². The predicted molar refractivity (Wildman–Crippen MR) is 74.4 cm³/mol. The van der Waals surface area contributed by atoms with Gasteiger partial charge in [-0.1, -0.05) is 0 Å². The van der Waals surface area contributed by atoms with E-state index in [0.717, 1.165) is 10.6 Å². The lowest BCUT2D eigenvalue weighted by molar-refractivity contribution is -0.137. The van der Waals surface area contributed by atoms with Crippen LogP contribution in [0.25, 0.3) is 0 Å². The van der Waals surface area contributed by atoms with Gasteiger partial charge in [0.25, 0.3) is 0 Å². The van der Waals surface area contributed by atoms with Crippen LogP contribution in [0.3, 0.4) is 0 Å². The molecule has 0 saturated heterocycles. The van der Waals surface area contributed by atoms with Crippen LogP contribution in [-0.2, 0) is 4.79 Å². The Balaban J connectivity index is 2.65. The number of benzene rings is 1. The Hall–Kier alpha value is -1.16. The average molecular weight is 268 g/mol. The molecule has 0 aliphatic rings. The number of carbonyl (C=O) groups is 1. The van der Waals surface area contributed by atoms with Crippen LogP contribution in [0, 0.1) is 0 Å². The molecule has 3 nitrogen and oxygen atoms in total. The number of carboxylic acid groups (broad SMARTS) is 1. The van der Waals surface area contributed by atoms with E-state index in [1.54, 1.807) is 11.8 Å². The molecule has 0 aromatic heterocycles. The molecule has 0 bridgehead atoms. The van der Waals surface area contributed by atoms with Crippen molar-refractivity contribution in [1.82, 2.24) is 0 Å². The summed E-state index contributed by atoms with van der Waals surface area (Å²) in [6.07, 6.45) is 0.300. The number of hydrogen-bond donors (Lipinski definition) is 1. The quantitative estimate of drug-likeness (QED) is 0.797. The van der Waals surface area contributed by atoms with Crippen molar-refractivity contribution in [2.24, 2.45) is 0 Å². The number of carboxylic acids is 1. The van der Waals surface area contributed by atoms with Crippen LogP contribution in [0.4, 0.5) is 0 Å². The maximum absolute atomic E-state index is 10.7. The van der Waals surface area contributed by atoms with E-state index in [-0.39, 0.29) is 17.3 Å². The van der Waals surface area contributed by atoms with E-state index in [1.165, 1.54) is 0 Å². The summed E-state index contributed by atoms with van der Waals surface area (Å²) >= 11 is 1.57. The summed E-state index contributed by atoms with van der Waals surface area (Å²) in [6, 6.07) is 7.76. The van der Waals surface area contributed by atoms with Crippen molar-refractivity contribution in [2.45, 2.75) is 49.9 Å². The van der Waals surface area contributed by atoms with Crippen LogP contribution in [0.1, 0.15) is 34.1 Å². The fraction of sp³-hybridized carbons (Fsp3) is 0.500. The Bertz CT molecular complexity index is 396. The van der Waals surface area contributed by atoms with Gasteiger partial charge in [0.2, 0.25) is 0 Å². The summed E-state index contributed by atoms with van der Waals surface area (Å²) in [5, 5.41) is 8.84. The van der Waals surface area contributed by atoms with Gasteiger partial charge in [-0.25, -0.2) is 0 Å². The summed E-state index contributed by atoms with van der Waals surface area (Å²) in [5.74, 6) is 0.0673. The summed E-state index contributed by atoms with van der Waals surface area (Å²) in [7, 11) is 0. The van der Waals surface area contributed by atoms with E-state index in [4.69, 9.17) is 9.84 Å². The molecule has 4 heteroatoms. The Labute approximate surface area is 113 Å². The van der Waals surface area contributed by atoms with Crippen molar-refractivity contribution in [3.63, 3.8) is 0 Å². The minimum atomic E-state index is -0.771. The van der Waals surface area contributed by atoms with E-state index in [9.17, 15) is 4.79 Å². The third kappa shape index (κ3) is 5.45. The van der Waals surface area contributed by atoms with Crippen molar-refractivity contribution in [1.29, 1.82) is 0 Å². The summed E-state index contributed by atoms with van der Waals surface area (Å²) in [4.78, 5) is 11.8. The zero-order valence-electron chi connectivity index (χ0n) is 11.3. The first-order valence-corrected chi connectivity index (χ1v) is 6.78. The zero-order valence-corrected chi connectivity index (χ0v) is 12.1. The van der Waals surface area contributed by atoms with Crippen molar-refractivity contribution in [3.05, 3.63) is 24.3 Å². The molecule has 1 aromatic carbocycles. The highest BCUT2D eigenvalue weighted by atomic mass is 32.2. The Morgan fingerprint density at radius 1 is 1.33 bits per heavy atom. The first-order valence-electron chi connectivity index (χ1n) is 5.96. The topological polar surface area (TPSA) is 46.5 Å². The molecular weight excluding hydrogens is 248 g/mol. The summed E-state index contributed by atoms with van der Waals surface area (Å²) in [5.41, 5.74) is 0. The van der Waals surface area contributed by atoms with Crippen molar-refractivity contribution in [2.75, 3.05) is 0 Å². The Kier molecular flexibility index (Phi) is 5.08. The highest BCUT2D eigenvalue weighted by Gasteiger charge is 2.23. The van der Waals surface area contributed by atoms with Gasteiger partial charge in [-0.05, 0) is 52.0 Å². The molecule has 0 atom stereocenters. The maximum Gasteiger partial charge on any atom is 0.304 e. The largest absolute Gasteiger partial charge is 0.491 e. The summed E-state index contributed by atoms with van der Waals surface area (Å²) in [6.45, 7) is 7.84. The summed E-state index contributed by atoms with van der Waals surface area (Å²) < 4.78 is 5.25. The number of thioether (sulfide) groups is 1. The molecule has 1 N–H and O–H groups in total. The molecule has 0 amide bonds. The van der Waals surface area contributed by atoms with Crippen molar-refractivity contribution in [3.8, 4) is 5.75 Å². The lowest BCUT2D eigenvalue weighted by Gasteiger charge is -2.21. The normalized spacial score (nSPS) is 11.6. The second kappa shape index (κ2) is 6.14. The lowest BCUT2D eigenvalue weighted by atomic mass is 10.1. The van der Waals surface area contributed by atoms with E-state index in [0.29, 0.717) is 0 Å². The van der Waals surface area contributed by atoms with E-state index >= 15 is 0 Å². The van der Waals surface area contributed by atoms with Gasteiger partial charge in [-0.2, -0.15) is 0 Å². The third-order valence-corrected chi connectivity index (χ3v) is 3.37. The van der Waals surface area contributed by atoms with Gasteiger partial charge in [-0.15, -0.1) is 11.8 Å².